The van der Waals surface area contributed by atoms with E-state index >= 15 is 0 Å². The normalized spacial score (nSPS) is 16.9. The lowest BCUT2D eigenvalue weighted by atomic mass is 9.75. The molecule has 0 bridgehead atoms. The summed E-state index contributed by atoms with van der Waals surface area (Å²) in [5.74, 6) is 1.60. The van der Waals surface area contributed by atoms with E-state index in [1.165, 1.54) is 18.4 Å². The second kappa shape index (κ2) is 12.0. The van der Waals surface area contributed by atoms with Crippen molar-refractivity contribution >= 4 is 7.37 Å². The minimum Gasteiger partial charge on any atom is -0.489 e. The fourth-order valence-corrected chi connectivity index (χ4v) is 7.20. The highest BCUT2D eigenvalue weighted by Gasteiger charge is 2.36. The number of ether oxygens (including phenoxy) is 1. The highest BCUT2D eigenvalue weighted by molar-refractivity contribution is 7.58. The van der Waals surface area contributed by atoms with Crippen molar-refractivity contribution in [3.8, 4) is 16.9 Å². The maximum Gasteiger partial charge on any atom is 0.200 e. The number of hydrogen-bond donors (Lipinski definition) is 0. The van der Waals surface area contributed by atoms with Gasteiger partial charge in [-0.15, -0.1) is 0 Å². The van der Waals surface area contributed by atoms with Gasteiger partial charge in [-0.2, -0.15) is 0 Å². The van der Waals surface area contributed by atoms with Crippen molar-refractivity contribution in [2.45, 2.75) is 72.8 Å². The zero-order valence-electron chi connectivity index (χ0n) is 24.6. The Morgan fingerprint density at radius 3 is 2.44 bits per heavy atom. The van der Waals surface area contributed by atoms with Gasteiger partial charge in [0.2, 0.25) is 7.37 Å². The molecule has 4 rings (SSSR count). The van der Waals surface area contributed by atoms with Gasteiger partial charge in [-0.3, -0.25) is 4.57 Å². The topological polar surface area (TPSA) is 35.5 Å². The largest absolute Gasteiger partial charge is 0.489 e. The third kappa shape index (κ3) is 7.62. The number of aryl methyl sites for hydroxylation is 1. The molecule has 210 valence electrons. The van der Waals surface area contributed by atoms with Crippen molar-refractivity contribution < 1.29 is 18.2 Å². The predicted octanol–water partition coefficient (Wildman–Crippen LogP) is 9.97. The number of benzene rings is 3. The van der Waals surface area contributed by atoms with Crippen LogP contribution in [0.3, 0.4) is 0 Å². The summed E-state index contributed by atoms with van der Waals surface area (Å²) in [6.45, 7) is 15.4. The van der Waals surface area contributed by atoms with Gasteiger partial charge in [-0.05, 0) is 96.4 Å². The fraction of sp³-hybridized carbons (Fsp3) is 0.471. The molecule has 0 amide bonds. The van der Waals surface area contributed by atoms with Gasteiger partial charge < -0.3 is 9.26 Å². The second-order valence-corrected chi connectivity index (χ2v) is 15.1. The van der Waals surface area contributed by atoms with Gasteiger partial charge in [0.15, 0.2) is 0 Å². The molecule has 1 aliphatic carbocycles. The first-order valence-electron chi connectivity index (χ1n) is 14.2. The monoisotopic (exact) mass is 550 g/mol. The highest BCUT2D eigenvalue weighted by Crippen LogP contribution is 2.53. The quantitative estimate of drug-likeness (QED) is 0.223. The first-order valence-corrected chi connectivity index (χ1v) is 16.5. The summed E-state index contributed by atoms with van der Waals surface area (Å²) in [5, 5.41) is 0. The van der Waals surface area contributed by atoms with E-state index in [9.17, 15) is 8.96 Å². The standard InChI is InChI=1S/C34H44FO3P/c1-8-38-39(7,36)22-32(26-14-15-26)27-10-9-11-28(20-27)37-21-25-13-16-29(30(19-25)24(3)34(4,5)6)31-18-23(2)12-17-33(31)35/h9-13,16-20,24,26,32H,8,14-15,21-22H2,1-7H3/t24-,32+,39?/m1/s1. The molecule has 3 nitrogen and oxygen atoms in total. The molecule has 1 aliphatic rings. The summed E-state index contributed by atoms with van der Waals surface area (Å²) in [7, 11) is -2.64. The van der Waals surface area contributed by atoms with Crippen LogP contribution in [0, 0.1) is 24.1 Å². The first kappa shape index (κ1) is 29.6. The number of rotatable bonds is 11. The molecule has 3 aromatic rings. The molecule has 0 N–H and O–H groups in total. The SMILES string of the molecule is CCOP(C)(=O)C[C@H](c1cccc(OCc2ccc(-c3cc(C)ccc3F)c([C@@H](C)C(C)(C)C)c2)c1)C1CC1. The molecule has 3 atom stereocenters. The molecule has 39 heavy (non-hydrogen) atoms. The lowest BCUT2D eigenvalue weighted by Crippen LogP contribution is -2.16. The van der Waals surface area contributed by atoms with Crippen molar-refractivity contribution in [2.75, 3.05) is 19.4 Å². The molecule has 3 aromatic carbocycles. The van der Waals surface area contributed by atoms with Gasteiger partial charge >= 0.3 is 0 Å². The van der Waals surface area contributed by atoms with E-state index in [-0.39, 0.29) is 23.1 Å². The lowest BCUT2D eigenvalue weighted by Gasteiger charge is -2.30. The van der Waals surface area contributed by atoms with Crippen LogP contribution in [0.4, 0.5) is 4.39 Å². The third-order valence-electron chi connectivity index (χ3n) is 8.11. The highest BCUT2D eigenvalue weighted by atomic mass is 31.2. The predicted molar refractivity (Wildman–Crippen MR) is 161 cm³/mol. The van der Waals surface area contributed by atoms with Crippen LogP contribution in [0.5, 0.6) is 5.75 Å². The second-order valence-electron chi connectivity index (χ2n) is 12.4. The molecular weight excluding hydrogens is 506 g/mol. The van der Waals surface area contributed by atoms with Crippen LogP contribution in [-0.4, -0.2) is 19.4 Å². The summed E-state index contributed by atoms with van der Waals surface area (Å²) in [6.07, 6.45) is 2.91. The van der Waals surface area contributed by atoms with Gasteiger partial charge in [0.25, 0.3) is 0 Å². The Labute approximate surface area is 234 Å². The van der Waals surface area contributed by atoms with E-state index < -0.39 is 7.37 Å². The Balaban J connectivity index is 1.58. The summed E-state index contributed by atoms with van der Waals surface area (Å²) < 4.78 is 39.8. The zero-order valence-corrected chi connectivity index (χ0v) is 25.5. The molecule has 5 heteroatoms. The molecule has 1 saturated carbocycles. The molecule has 0 heterocycles. The average Bonchev–Trinajstić information content (AvgIpc) is 3.72. The van der Waals surface area contributed by atoms with Crippen molar-refractivity contribution in [1.82, 2.24) is 0 Å². The number of halogens is 1. The third-order valence-corrected chi connectivity index (χ3v) is 9.97. The van der Waals surface area contributed by atoms with Crippen LogP contribution in [0.15, 0.2) is 60.7 Å². The zero-order chi connectivity index (χ0) is 28.4. The van der Waals surface area contributed by atoms with Crippen molar-refractivity contribution in [2.24, 2.45) is 11.3 Å². The van der Waals surface area contributed by atoms with E-state index in [1.54, 1.807) is 12.7 Å². The van der Waals surface area contributed by atoms with Crippen LogP contribution in [0.25, 0.3) is 11.1 Å². The molecule has 0 spiro atoms. The molecule has 0 aliphatic heterocycles. The van der Waals surface area contributed by atoms with Crippen LogP contribution < -0.4 is 4.74 Å². The van der Waals surface area contributed by atoms with Gasteiger partial charge in [0.1, 0.15) is 18.2 Å². The van der Waals surface area contributed by atoms with E-state index in [4.69, 9.17) is 9.26 Å². The molecular formula is C34H44FO3P. The van der Waals surface area contributed by atoms with Crippen LogP contribution in [0.2, 0.25) is 0 Å². The summed E-state index contributed by atoms with van der Waals surface area (Å²) in [6, 6.07) is 19.8. The van der Waals surface area contributed by atoms with Crippen LogP contribution >= 0.6 is 7.37 Å². The Morgan fingerprint density at radius 2 is 1.77 bits per heavy atom. The smallest absolute Gasteiger partial charge is 0.200 e. The molecule has 1 unspecified atom stereocenters. The Morgan fingerprint density at radius 1 is 1.03 bits per heavy atom. The molecule has 0 aromatic heterocycles. The van der Waals surface area contributed by atoms with E-state index in [2.05, 4.69) is 45.9 Å². The van der Waals surface area contributed by atoms with E-state index in [1.807, 2.05) is 50.2 Å². The Kier molecular flexibility index (Phi) is 9.08. The van der Waals surface area contributed by atoms with Crippen molar-refractivity contribution in [3.63, 3.8) is 0 Å². The maximum atomic E-state index is 14.9. The minimum atomic E-state index is -2.64. The van der Waals surface area contributed by atoms with Crippen LogP contribution in [0.1, 0.15) is 81.5 Å². The van der Waals surface area contributed by atoms with Crippen LogP contribution in [-0.2, 0) is 15.7 Å². The summed E-state index contributed by atoms with van der Waals surface area (Å²) >= 11 is 0. The van der Waals surface area contributed by atoms with Gasteiger partial charge in [0, 0.05) is 18.4 Å². The van der Waals surface area contributed by atoms with Gasteiger partial charge in [0.05, 0.1) is 6.61 Å². The molecule has 1 fully saturated rings. The fourth-order valence-electron chi connectivity index (χ4n) is 5.33. The summed E-state index contributed by atoms with van der Waals surface area (Å²) in [5.41, 5.74) is 5.99. The van der Waals surface area contributed by atoms with Gasteiger partial charge in [-0.1, -0.05) is 69.7 Å². The Bertz CT molecular complexity index is 1340. The Hall–Kier alpha value is -2.42. The summed E-state index contributed by atoms with van der Waals surface area (Å²) in [4.78, 5) is 0. The minimum absolute atomic E-state index is 0.0148. The lowest BCUT2D eigenvalue weighted by molar-refractivity contribution is 0.304. The first-order chi connectivity index (χ1) is 18.4. The molecule has 0 saturated heterocycles. The van der Waals surface area contributed by atoms with E-state index in [0.717, 1.165) is 28.0 Å². The number of hydrogen-bond acceptors (Lipinski definition) is 3. The maximum absolute atomic E-state index is 14.9. The average molecular weight is 551 g/mol. The molecule has 0 radical (unpaired) electrons. The van der Waals surface area contributed by atoms with Crippen molar-refractivity contribution in [1.29, 1.82) is 0 Å². The van der Waals surface area contributed by atoms with Crippen molar-refractivity contribution in [3.05, 3.63) is 88.7 Å². The van der Waals surface area contributed by atoms with E-state index in [0.29, 0.717) is 30.9 Å². The van der Waals surface area contributed by atoms with Gasteiger partial charge in [-0.25, -0.2) is 4.39 Å².